The molecule has 0 aliphatic carbocycles. The minimum Gasteiger partial charge on any atom is -0.320 e. The van der Waals surface area contributed by atoms with Crippen LogP contribution in [0.2, 0.25) is 0 Å². The quantitative estimate of drug-likeness (QED) is 0.617. The molecule has 0 unspecified atom stereocenters. The van der Waals surface area contributed by atoms with E-state index >= 15 is 0 Å². The molecule has 27 heavy (non-hydrogen) atoms. The fourth-order valence-corrected chi connectivity index (χ4v) is 3.09. The summed E-state index contributed by atoms with van der Waals surface area (Å²) in [5.41, 5.74) is 1.61. The van der Waals surface area contributed by atoms with Crippen molar-refractivity contribution in [2.24, 2.45) is 7.05 Å². The second-order valence-electron chi connectivity index (χ2n) is 6.17. The van der Waals surface area contributed by atoms with E-state index in [2.05, 4.69) is 4.98 Å². The Morgan fingerprint density at radius 1 is 1.04 bits per heavy atom. The van der Waals surface area contributed by atoms with Crippen LogP contribution in [0.1, 0.15) is 16.7 Å². The lowest BCUT2D eigenvalue weighted by Crippen LogP contribution is -2.23. The van der Waals surface area contributed by atoms with Crippen LogP contribution in [-0.2, 0) is 18.0 Å². The minimum atomic E-state index is -4.39. The summed E-state index contributed by atoms with van der Waals surface area (Å²) in [6.45, 7) is 0. The van der Waals surface area contributed by atoms with E-state index in [0.29, 0.717) is 28.3 Å². The summed E-state index contributed by atoms with van der Waals surface area (Å²) in [5.74, 6) is 0.202. The van der Waals surface area contributed by atoms with Gasteiger partial charge in [0, 0.05) is 25.0 Å². The minimum absolute atomic E-state index is 0.273. The van der Waals surface area contributed by atoms with Gasteiger partial charge in [0.05, 0.1) is 16.8 Å². The fourth-order valence-electron chi connectivity index (χ4n) is 3.09. The van der Waals surface area contributed by atoms with Crippen LogP contribution in [-0.4, -0.2) is 15.5 Å². The van der Waals surface area contributed by atoms with Crippen LogP contribution in [0.5, 0.6) is 0 Å². The number of rotatable bonds is 2. The van der Waals surface area contributed by atoms with E-state index < -0.39 is 11.7 Å². The smallest absolute Gasteiger partial charge is 0.320 e. The molecular weight excluding hydrogens is 355 g/mol. The highest BCUT2D eigenvalue weighted by Crippen LogP contribution is 2.41. The summed E-state index contributed by atoms with van der Waals surface area (Å²) in [6.07, 6.45) is 0.548. The van der Waals surface area contributed by atoms with Crippen LogP contribution in [0.3, 0.4) is 0 Å². The number of hydrogen-bond donors (Lipinski definition) is 0. The Hall–Kier alpha value is -3.35. The van der Waals surface area contributed by atoms with Gasteiger partial charge in [0.25, 0.3) is 5.91 Å². The molecule has 0 fully saturated rings. The number of benzene rings is 2. The highest BCUT2D eigenvalue weighted by atomic mass is 19.4. The molecule has 1 amide bonds. The molecule has 0 N–H and O–H groups in total. The summed E-state index contributed by atoms with van der Waals surface area (Å²) in [6, 6.07) is 12.0. The summed E-state index contributed by atoms with van der Waals surface area (Å²) in [5, 5.41) is 0. The average molecular weight is 369 g/mol. The first-order chi connectivity index (χ1) is 12.9. The van der Waals surface area contributed by atoms with Gasteiger partial charge in [-0.2, -0.15) is 13.2 Å². The lowest BCUT2D eigenvalue weighted by Gasteiger charge is -2.15. The van der Waals surface area contributed by atoms with E-state index in [1.54, 1.807) is 30.1 Å². The first-order valence-corrected chi connectivity index (χ1v) is 8.16. The molecule has 0 saturated carbocycles. The van der Waals surface area contributed by atoms with Crippen LogP contribution in [0.25, 0.3) is 11.6 Å². The maximum atomic E-state index is 13.1. The number of amides is 1. The molecule has 3 aromatic rings. The van der Waals surface area contributed by atoms with Crippen LogP contribution in [0.4, 0.5) is 24.8 Å². The number of aromatic nitrogens is 2. The molecule has 2 heterocycles. The van der Waals surface area contributed by atoms with E-state index in [9.17, 15) is 18.0 Å². The number of fused-ring (bicyclic) bond motifs is 1. The number of imidazole rings is 1. The van der Waals surface area contributed by atoms with Crippen LogP contribution in [0, 0.1) is 0 Å². The molecule has 1 aliphatic heterocycles. The van der Waals surface area contributed by atoms with Gasteiger partial charge in [0.15, 0.2) is 0 Å². The predicted octanol–water partition coefficient (Wildman–Crippen LogP) is 4.66. The number of para-hydroxylation sites is 1. The first-order valence-electron chi connectivity index (χ1n) is 8.16. The highest BCUT2D eigenvalue weighted by molar-refractivity contribution is 6.37. The highest BCUT2D eigenvalue weighted by Gasteiger charge is 2.35. The van der Waals surface area contributed by atoms with Crippen LogP contribution < -0.4 is 4.90 Å². The molecule has 7 heteroatoms. The number of halogens is 3. The predicted molar refractivity (Wildman–Crippen MR) is 96.1 cm³/mol. The first kappa shape index (κ1) is 17.1. The Kier molecular flexibility index (Phi) is 3.87. The van der Waals surface area contributed by atoms with E-state index in [1.807, 2.05) is 24.3 Å². The molecule has 2 aromatic carbocycles. The van der Waals surface area contributed by atoms with Gasteiger partial charge < -0.3 is 4.57 Å². The topological polar surface area (TPSA) is 38.1 Å². The van der Waals surface area contributed by atoms with Gasteiger partial charge in [-0.3, -0.25) is 4.79 Å². The van der Waals surface area contributed by atoms with Gasteiger partial charge in [0.1, 0.15) is 0 Å². The van der Waals surface area contributed by atoms with Gasteiger partial charge in [-0.15, -0.1) is 0 Å². The van der Waals surface area contributed by atoms with Gasteiger partial charge in [0.2, 0.25) is 5.95 Å². The third-order valence-electron chi connectivity index (χ3n) is 4.41. The van der Waals surface area contributed by atoms with Crippen molar-refractivity contribution in [3.63, 3.8) is 0 Å². The monoisotopic (exact) mass is 369 g/mol. The van der Waals surface area contributed by atoms with Gasteiger partial charge in [-0.25, -0.2) is 9.88 Å². The number of nitrogens with zero attached hydrogens (tertiary/aromatic N) is 3. The maximum absolute atomic E-state index is 13.1. The summed E-state index contributed by atoms with van der Waals surface area (Å²) in [7, 11) is 1.79. The second-order valence-corrected chi connectivity index (χ2v) is 6.17. The lowest BCUT2D eigenvalue weighted by molar-refractivity contribution is -0.137. The zero-order chi connectivity index (χ0) is 19.2. The number of carbonyl (C=O) groups is 1. The SMILES string of the molecule is Cn1ccnc1N1C(=O)/C(=C\c2ccc(C(F)(F)F)cc2)c2ccccc21. The van der Waals surface area contributed by atoms with Crippen molar-refractivity contribution in [1.29, 1.82) is 0 Å². The molecule has 0 spiro atoms. The molecule has 0 radical (unpaired) electrons. The fraction of sp³-hybridized carbons (Fsp3) is 0.100. The third-order valence-corrected chi connectivity index (χ3v) is 4.41. The average Bonchev–Trinajstić information content (AvgIpc) is 3.16. The van der Waals surface area contributed by atoms with E-state index in [1.165, 1.54) is 17.0 Å². The molecule has 0 bridgehead atoms. The van der Waals surface area contributed by atoms with Crippen LogP contribution >= 0.6 is 0 Å². The Labute approximate surface area is 153 Å². The molecular formula is C20H14F3N3O. The molecule has 1 aromatic heterocycles. The second kappa shape index (κ2) is 6.12. The lowest BCUT2D eigenvalue weighted by atomic mass is 10.0. The summed E-state index contributed by atoms with van der Waals surface area (Å²) < 4.78 is 40.0. The molecule has 0 atom stereocenters. The number of hydrogen-bond acceptors (Lipinski definition) is 2. The van der Waals surface area contributed by atoms with Crippen molar-refractivity contribution in [3.05, 3.63) is 77.6 Å². The summed E-state index contributed by atoms with van der Waals surface area (Å²) in [4.78, 5) is 18.8. The van der Waals surface area contributed by atoms with Crippen molar-refractivity contribution >= 4 is 29.2 Å². The zero-order valence-electron chi connectivity index (χ0n) is 14.2. The van der Waals surface area contributed by atoms with E-state index in [0.717, 1.165) is 12.1 Å². The molecule has 136 valence electrons. The normalized spacial score (nSPS) is 15.5. The van der Waals surface area contributed by atoms with Crippen molar-refractivity contribution in [1.82, 2.24) is 9.55 Å². The Bertz CT molecular complexity index is 1050. The number of carbonyl (C=O) groups excluding carboxylic acids is 1. The van der Waals surface area contributed by atoms with Gasteiger partial charge in [-0.1, -0.05) is 30.3 Å². The van der Waals surface area contributed by atoms with Crippen LogP contribution in [0.15, 0.2) is 60.9 Å². The van der Waals surface area contributed by atoms with E-state index in [4.69, 9.17) is 0 Å². The molecule has 4 nitrogen and oxygen atoms in total. The third kappa shape index (κ3) is 2.91. The zero-order valence-corrected chi connectivity index (χ0v) is 14.2. The largest absolute Gasteiger partial charge is 0.416 e. The number of alkyl halides is 3. The molecule has 4 rings (SSSR count). The Morgan fingerprint density at radius 3 is 2.37 bits per heavy atom. The van der Waals surface area contributed by atoms with Crippen molar-refractivity contribution in [3.8, 4) is 0 Å². The van der Waals surface area contributed by atoms with Crippen molar-refractivity contribution < 1.29 is 18.0 Å². The van der Waals surface area contributed by atoms with Gasteiger partial charge >= 0.3 is 6.18 Å². The maximum Gasteiger partial charge on any atom is 0.416 e. The Balaban J connectivity index is 1.79. The van der Waals surface area contributed by atoms with Gasteiger partial charge in [-0.05, 0) is 29.8 Å². The molecule has 1 aliphatic rings. The van der Waals surface area contributed by atoms with E-state index in [-0.39, 0.29) is 5.91 Å². The number of aryl methyl sites for hydroxylation is 1. The van der Waals surface area contributed by atoms with Crippen molar-refractivity contribution in [2.75, 3.05) is 4.90 Å². The summed E-state index contributed by atoms with van der Waals surface area (Å²) >= 11 is 0. The standard InChI is InChI=1S/C20H14F3N3O/c1-25-11-10-24-19(25)26-17-5-3-2-4-15(17)16(18(26)27)12-13-6-8-14(9-7-13)20(21,22)23/h2-12H,1H3/b16-12-. The molecule has 0 saturated heterocycles. The Morgan fingerprint density at radius 2 is 1.74 bits per heavy atom. The number of anilines is 2. The van der Waals surface area contributed by atoms with Crippen molar-refractivity contribution in [2.45, 2.75) is 6.18 Å².